The monoisotopic (exact) mass is 607 g/mol. The van der Waals surface area contributed by atoms with Gasteiger partial charge < -0.3 is 39.5 Å². The first-order valence-electron chi connectivity index (χ1n) is 12.7. The summed E-state index contributed by atoms with van der Waals surface area (Å²) >= 11 is 6.29. The van der Waals surface area contributed by atoms with E-state index in [1.807, 2.05) is 0 Å². The van der Waals surface area contributed by atoms with Crippen LogP contribution in [0.3, 0.4) is 0 Å². The molecule has 6 rings (SSSR count). The highest BCUT2D eigenvalue weighted by molar-refractivity contribution is 7.70. The van der Waals surface area contributed by atoms with Gasteiger partial charge in [-0.05, 0) is 53.0 Å². The van der Waals surface area contributed by atoms with E-state index in [0.29, 0.717) is 28.1 Å². The second kappa shape index (κ2) is 8.67. The van der Waals surface area contributed by atoms with Gasteiger partial charge in [-0.3, -0.25) is 13.7 Å². The third-order valence-corrected chi connectivity index (χ3v) is 13.6. The van der Waals surface area contributed by atoms with Crippen molar-refractivity contribution in [3.05, 3.63) is 11.6 Å². The van der Waals surface area contributed by atoms with Crippen molar-refractivity contribution in [3.8, 4) is 0 Å². The quantitative estimate of drug-likeness (QED) is 0.188. The highest BCUT2D eigenvalue weighted by Gasteiger charge is 2.86. The average Bonchev–Trinajstić information content (AvgIpc) is 3.07. The molecule has 0 radical (unpaired) electrons. The van der Waals surface area contributed by atoms with Crippen LogP contribution in [0.15, 0.2) is 6.33 Å². The van der Waals surface area contributed by atoms with E-state index in [9.17, 15) is 24.2 Å². The number of halogens is 1. The van der Waals surface area contributed by atoms with E-state index in [-0.39, 0.29) is 22.4 Å². The highest BCUT2D eigenvalue weighted by Crippen LogP contribution is 2.90. The van der Waals surface area contributed by atoms with Crippen molar-refractivity contribution in [3.63, 3.8) is 0 Å². The lowest BCUT2D eigenvalue weighted by Crippen LogP contribution is -2.51. The van der Waals surface area contributed by atoms with Crippen LogP contribution in [0.25, 0.3) is 11.2 Å². The maximum atomic E-state index is 12.0. The summed E-state index contributed by atoms with van der Waals surface area (Å²) in [4.78, 5) is 40.8. The molecule has 2 aromatic heterocycles. The number of nitrogens with one attached hydrogen (secondary N) is 1. The fourth-order valence-electron chi connectivity index (χ4n) is 7.98. The minimum absolute atomic E-state index is 0.0460. The zero-order valence-corrected chi connectivity index (χ0v) is 24.1. The number of anilines is 1. The molecule has 1 saturated heterocycles. The molecule has 216 valence electrons. The molecule has 4 fully saturated rings. The molecular formula is C22H32ClN5O9P2. The highest BCUT2D eigenvalue weighted by atomic mass is 35.5. The Balaban J connectivity index is 1.22. The fraction of sp³-hybridized carbons (Fsp3) is 0.773. The van der Waals surface area contributed by atoms with Gasteiger partial charge >= 0.3 is 15.2 Å². The summed E-state index contributed by atoms with van der Waals surface area (Å²) in [6.07, 6.45) is -0.788. The van der Waals surface area contributed by atoms with Gasteiger partial charge in [-0.2, -0.15) is 9.97 Å². The number of hydrogen-bond donors (Lipinski definition) is 6. The van der Waals surface area contributed by atoms with Crippen LogP contribution in [0.5, 0.6) is 0 Å². The van der Waals surface area contributed by atoms with Gasteiger partial charge in [-0.15, -0.1) is 0 Å². The van der Waals surface area contributed by atoms with Gasteiger partial charge in [0.2, 0.25) is 5.28 Å². The third kappa shape index (κ3) is 4.06. The molecule has 39 heavy (non-hydrogen) atoms. The first-order chi connectivity index (χ1) is 18.0. The Morgan fingerprint density at radius 2 is 1.90 bits per heavy atom. The van der Waals surface area contributed by atoms with Crippen LogP contribution in [0.1, 0.15) is 46.3 Å². The van der Waals surface area contributed by atoms with Crippen LogP contribution in [0.2, 0.25) is 5.28 Å². The van der Waals surface area contributed by atoms with Crippen LogP contribution < -0.4 is 5.32 Å². The summed E-state index contributed by atoms with van der Waals surface area (Å²) in [6.45, 7) is 6.34. The molecule has 4 aliphatic rings. The van der Waals surface area contributed by atoms with E-state index in [1.165, 1.54) is 17.3 Å². The molecule has 6 N–H and O–H groups in total. The second-order valence-electron chi connectivity index (χ2n) is 12.0. The maximum Gasteiger partial charge on any atom is 0.340 e. The lowest BCUT2D eigenvalue weighted by Gasteiger charge is -2.53. The number of rotatable bonds is 8. The summed E-state index contributed by atoms with van der Waals surface area (Å²) in [5.74, 6) is -0.279. The summed E-state index contributed by atoms with van der Waals surface area (Å²) in [6, 6.07) is 0.183. The zero-order valence-electron chi connectivity index (χ0n) is 21.5. The Kier molecular flexibility index (Phi) is 6.22. The van der Waals surface area contributed by atoms with Gasteiger partial charge in [0.15, 0.2) is 29.1 Å². The Bertz CT molecular complexity index is 1440. The molecule has 2 aromatic rings. The van der Waals surface area contributed by atoms with Crippen molar-refractivity contribution in [2.75, 3.05) is 17.8 Å². The summed E-state index contributed by atoms with van der Waals surface area (Å²) in [5, 5.41) is 24.7. The molecule has 3 aliphatic carbocycles. The van der Waals surface area contributed by atoms with Crippen molar-refractivity contribution in [1.29, 1.82) is 0 Å². The lowest BCUT2D eigenvalue weighted by atomic mass is 9.54. The molecule has 4 unspecified atom stereocenters. The SMILES string of the molecule is CC1(C)[C@H]2CC(Nc3nc(Cl)nc4c3ncn4[C@@H]3O[C@H](COP(=O)(O)CP(=O)(O)O)C(O)C3O)[C@]3(C)CC[C@@]213. The van der Waals surface area contributed by atoms with Crippen LogP contribution in [-0.4, -0.2) is 81.3 Å². The van der Waals surface area contributed by atoms with Gasteiger partial charge in [-0.1, -0.05) is 20.8 Å². The van der Waals surface area contributed by atoms with Crippen LogP contribution >= 0.6 is 26.8 Å². The van der Waals surface area contributed by atoms with E-state index in [2.05, 4.69) is 41.0 Å². The van der Waals surface area contributed by atoms with E-state index in [0.717, 1.165) is 12.8 Å². The normalized spacial score (nSPS) is 40.1. The number of imidazole rings is 1. The predicted molar refractivity (Wildman–Crippen MR) is 138 cm³/mol. The number of aromatic nitrogens is 4. The van der Waals surface area contributed by atoms with Crippen molar-refractivity contribution in [2.45, 2.75) is 70.6 Å². The predicted octanol–water partition coefficient (Wildman–Crippen LogP) is 2.06. The van der Waals surface area contributed by atoms with E-state index in [4.69, 9.17) is 30.6 Å². The number of aliphatic hydroxyl groups excluding tert-OH is 2. The summed E-state index contributed by atoms with van der Waals surface area (Å²) < 4.78 is 35.0. The zero-order chi connectivity index (χ0) is 28.3. The van der Waals surface area contributed by atoms with E-state index < -0.39 is 52.2 Å². The summed E-state index contributed by atoms with van der Waals surface area (Å²) in [5.41, 5.74) is 1.45. The number of ether oxygens (including phenoxy) is 1. The fourth-order valence-corrected chi connectivity index (χ4v) is 10.7. The Hall–Kier alpha value is -1.18. The number of hydrogen-bond acceptors (Lipinski definition) is 10. The van der Waals surface area contributed by atoms with Crippen molar-refractivity contribution >= 4 is 43.8 Å². The molecule has 0 bridgehead atoms. The third-order valence-electron chi connectivity index (χ3n) is 9.95. The standard InChI is InChI=1S/C22H32ClN5O9P2/c1-20(2)11-6-12(21(3)4-5-22(11,20)21)25-16-13-17(27-19(23)26-16)28(8-24-13)18-15(30)14(29)10(37-18)7-36-39(34,35)9-38(31,32)33/h8,10-12,14-15,18,29-30H,4-7,9H2,1-3H3,(H,34,35)(H,25,26,27)(H2,31,32,33)/t10-,11-,12?,14?,15?,18-,21+,22-/m1/s1. The van der Waals surface area contributed by atoms with Gasteiger partial charge in [-0.25, -0.2) is 4.98 Å². The van der Waals surface area contributed by atoms with Crippen molar-refractivity contribution in [2.24, 2.45) is 22.2 Å². The van der Waals surface area contributed by atoms with Crippen molar-refractivity contribution in [1.82, 2.24) is 19.5 Å². The minimum atomic E-state index is -4.83. The van der Waals surface area contributed by atoms with Gasteiger partial charge in [0.05, 0.1) is 12.9 Å². The maximum absolute atomic E-state index is 12.0. The van der Waals surface area contributed by atoms with Gasteiger partial charge in [0.25, 0.3) is 0 Å². The molecule has 17 heteroatoms. The van der Waals surface area contributed by atoms with E-state index in [1.54, 1.807) is 0 Å². The number of nitrogens with zero attached hydrogens (tertiary/aromatic N) is 4. The molecule has 3 saturated carbocycles. The molecule has 3 heterocycles. The minimum Gasteiger partial charge on any atom is -0.387 e. The summed E-state index contributed by atoms with van der Waals surface area (Å²) in [7, 11) is -9.51. The molecule has 1 aliphatic heterocycles. The molecule has 14 nitrogen and oxygen atoms in total. The Labute approximate surface area is 228 Å². The van der Waals surface area contributed by atoms with Crippen LogP contribution in [0, 0.1) is 22.2 Å². The van der Waals surface area contributed by atoms with E-state index >= 15 is 0 Å². The van der Waals surface area contributed by atoms with Gasteiger partial charge in [0, 0.05) is 6.04 Å². The first kappa shape index (κ1) is 28.0. The van der Waals surface area contributed by atoms with Crippen LogP contribution in [0.4, 0.5) is 5.82 Å². The lowest BCUT2D eigenvalue weighted by molar-refractivity contribution is -0.0483. The first-order valence-corrected chi connectivity index (χ1v) is 16.6. The molecule has 9 atom stereocenters. The largest absolute Gasteiger partial charge is 0.387 e. The van der Waals surface area contributed by atoms with Gasteiger partial charge in [0.1, 0.15) is 18.3 Å². The Morgan fingerprint density at radius 1 is 1.18 bits per heavy atom. The second-order valence-corrected chi connectivity index (χ2v) is 16.4. The number of fused-ring (bicyclic) bond motifs is 1. The Morgan fingerprint density at radius 3 is 2.51 bits per heavy atom. The van der Waals surface area contributed by atoms with Crippen molar-refractivity contribution < 1.29 is 43.3 Å². The molecule has 0 amide bonds. The smallest absolute Gasteiger partial charge is 0.340 e. The molecule has 1 spiro atoms. The molecule has 0 aromatic carbocycles. The van der Waals surface area contributed by atoms with Crippen LogP contribution in [-0.2, 0) is 18.4 Å². The molecular weight excluding hydrogens is 576 g/mol. The average molecular weight is 608 g/mol. The number of aliphatic hydroxyl groups is 2. The topological polar surface area (TPSA) is 209 Å².